The van der Waals surface area contributed by atoms with Crippen LogP contribution < -0.4 is 14.4 Å². The fraction of sp³-hybridized carbons (Fsp3) is 0.478. The molecule has 0 unspecified atom stereocenters. The zero-order valence-corrected chi connectivity index (χ0v) is 19.3. The molecule has 1 aliphatic heterocycles. The van der Waals surface area contributed by atoms with Crippen LogP contribution in [0.2, 0.25) is 0 Å². The van der Waals surface area contributed by atoms with Gasteiger partial charge in [0.1, 0.15) is 5.75 Å². The molecule has 2 aromatic rings. The Labute approximate surface area is 180 Å². The number of ether oxygens (including phenoxy) is 1. The van der Waals surface area contributed by atoms with Gasteiger partial charge in [-0.2, -0.15) is 0 Å². The summed E-state index contributed by atoms with van der Waals surface area (Å²) in [5.74, 6) is 0.761. The second-order valence-electron chi connectivity index (χ2n) is 7.92. The predicted octanol–water partition coefficient (Wildman–Crippen LogP) is 2.97. The molecule has 0 aromatic heterocycles. The van der Waals surface area contributed by atoms with E-state index in [1.54, 1.807) is 12.1 Å². The lowest BCUT2D eigenvalue weighted by molar-refractivity contribution is 0.313. The van der Waals surface area contributed by atoms with Crippen LogP contribution in [0.1, 0.15) is 23.6 Å². The van der Waals surface area contributed by atoms with Crippen LogP contribution in [-0.2, 0) is 16.4 Å². The van der Waals surface area contributed by atoms with Gasteiger partial charge in [-0.3, -0.25) is 0 Å². The van der Waals surface area contributed by atoms with E-state index in [0.717, 1.165) is 48.6 Å². The predicted molar refractivity (Wildman–Crippen MR) is 122 cm³/mol. The van der Waals surface area contributed by atoms with E-state index in [4.69, 9.17) is 4.74 Å². The van der Waals surface area contributed by atoms with E-state index in [2.05, 4.69) is 45.8 Å². The van der Waals surface area contributed by atoms with Gasteiger partial charge in [0, 0.05) is 38.4 Å². The number of anilines is 1. The Bertz CT molecular complexity index is 927. The van der Waals surface area contributed by atoms with Crippen LogP contribution >= 0.6 is 0 Å². The van der Waals surface area contributed by atoms with Crippen molar-refractivity contribution in [3.63, 3.8) is 0 Å². The molecule has 164 valence electrons. The maximum Gasteiger partial charge on any atom is 0.240 e. The second kappa shape index (κ2) is 9.81. The number of likely N-dealkylation sites (N-methyl/N-ethyl adjacent to an activating group) is 1. The van der Waals surface area contributed by atoms with E-state index in [9.17, 15) is 8.42 Å². The molecule has 1 heterocycles. The van der Waals surface area contributed by atoms with Crippen molar-refractivity contribution in [2.24, 2.45) is 0 Å². The summed E-state index contributed by atoms with van der Waals surface area (Å²) in [6, 6.07) is 11.8. The first-order chi connectivity index (χ1) is 14.3. The van der Waals surface area contributed by atoms with Crippen molar-refractivity contribution in [2.75, 3.05) is 51.3 Å². The van der Waals surface area contributed by atoms with Gasteiger partial charge < -0.3 is 14.5 Å². The minimum absolute atomic E-state index is 0.284. The van der Waals surface area contributed by atoms with Gasteiger partial charge in [-0.15, -0.1) is 0 Å². The molecule has 3 rings (SSSR count). The Balaban J connectivity index is 1.58. The number of piperazine rings is 1. The van der Waals surface area contributed by atoms with Crippen molar-refractivity contribution in [3.8, 4) is 5.75 Å². The third kappa shape index (κ3) is 5.53. The summed E-state index contributed by atoms with van der Waals surface area (Å²) in [5.41, 5.74) is 4.01. The molecular weight excluding hydrogens is 398 g/mol. The SMILES string of the molecule is CCOc1c(C)cc(S(=O)(=O)NCCc2ccc(N3CCN(C)CC3)cc2)cc1C. The number of sulfonamides is 1. The maximum atomic E-state index is 12.7. The second-order valence-corrected chi connectivity index (χ2v) is 9.69. The number of rotatable bonds is 8. The van der Waals surface area contributed by atoms with Gasteiger partial charge in [0.05, 0.1) is 11.5 Å². The number of nitrogens with zero attached hydrogens (tertiary/aromatic N) is 2. The van der Waals surface area contributed by atoms with Crippen molar-refractivity contribution >= 4 is 15.7 Å². The quantitative estimate of drug-likeness (QED) is 0.696. The highest BCUT2D eigenvalue weighted by Gasteiger charge is 2.17. The zero-order valence-electron chi connectivity index (χ0n) is 18.4. The molecule has 1 N–H and O–H groups in total. The molecule has 1 fully saturated rings. The van der Waals surface area contributed by atoms with E-state index in [1.807, 2.05) is 20.8 Å². The fourth-order valence-electron chi connectivity index (χ4n) is 3.79. The van der Waals surface area contributed by atoms with Crippen LogP contribution in [0, 0.1) is 13.8 Å². The van der Waals surface area contributed by atoms with Gasteiger partial charge in [-0.25, -0.2) is 13.1 Å². The summed E-state index contributed by atoms with van der Waals surface area (Å²) >= 11 is 0. The lowest BCUT2D eigenvalue weighted by Gasteiger charge is -2.34. The topological polar surface area (TPSA) is 61.9 Å². The molecule has 30 heavy (non-hydrogen) atoms. The third-order valence-electron chi connectivity index (χ3n) is 5.54. The first-order valence-corrected chi connectivity index (χ1v) is 12.0. The van der Waals surface area contributed by atoms with Crippen LogP contribution in [-0.4, -0.2) is 59.7 Å². The lowest BCUT2D eigenvalue weighted by Crippen LogP contribution is -2.44. The van der Waals surface area contributed by atoms with Gasteiger partial charge in [-0.1, -0.05) is 12.1 Å². The molecule has 0 aliphatic carbocycles. The summed E-state index contributed by atoms with van der Waals surface area (Å²) in [6.07, 6.45) is 0.650. The molecule has 1 saturated heterocycles. The van der Waals surface area contributed by atoms with E-state index in [0.29, 0.717) is 19.6 Å². The van der Waals surface area contributed by atoms with Gasteiger partial charge in [0.25, 0.3) is 0 Å². The van der Waals surface area contributed by atoms with Crippen LogP contribution in [0.5, 0.6) is 5.75 Å². The normalized spacial score (nSPS) is 15.4. The molecule has 0 saturated carbocycles. The van der Waals surface area contributed by atoms with Crippen LogP contribution in [0.3, 0.4) is 0 Å². The van der Waals surface area contributed by atoms with Crippen LogP contribution in [0.4, 0.5) is 5.69 Å². The first-order valence-electron chi connectivity index (χ1n) is 10.6. The molecule has 0 amide bonds. The highest BCUT2D eigenvalue weighted by molar-refractivity contribution is 7.89. The number of benzene rings is 2. The zero-order chi connectivity index (χ0) is 21.7. The fourth-order valence-corrected chi connectivity index (χ4v) is 4.99. The molecule has 0 radical (unpaired) electrons. The maximum absolute atomic E-state index is 12.7. The molecule has 0 bridgehead atoms. The molecule has 7 heteroatoms. The van der Waals surface area contributed by atoms with Crippen molar-refractivity contribution in [3.05, 3.63) is 53.1 Å². The average Bonchev–Trinajstić information content (AvgIpc) is 2.71. The summed E-state index contributed by atoms with van der Waals surface area (Å²) in [4.78, 5) is 5.01. The van der Waals surface area contributed by atoms with E-state index in [1.165, 1.54) is 5.69 Å². The first kappa shape index (κ1) is 22.6. The van der Waals surface area contributed by atoms with Gasteiger partial charge >= 0.3 is 0 Å². The molecule has 1 aliphatic rings. The minimum atomic E-state index is -3.56. The average molecular weight is 432 g/mol. The summed E-state index contributed by atoms with van der Waals surface area (Å²) in [5, 5.41) is 0. The lowest BCUT2D eigenvalue weighted by atomic mass is 10.1. The largest absolute Gasteiger partial charge is 0.493 e. The number of hydrogen-bond acceptors (Lipinski definition) is 5. The van der Waals surface area contributed by atoms with E-state index < -0.39 is 10.0 Å². The number of aryl methyl sites for hydroxylation is 2. The Kier molecular flexibility index (Phi) is 7.39. The van der Waals surface area contributed by atoms with Crippen LogP contribution in [0.25, 0.3) is 0 Å². The van der Waals surface area contributed by atoms with Gasteiger partial charge in [0.15, 0.2) is 0 Å². The Morgan fingerprint density at radius 1 is 1.00 bits per heavy atom. The molecule has 0 atom stereocenters. The van der Waals surface area contributed by atoms with Gasteiger partial charge in [-0.05, 0) is 75.2 Å². The van der Waals surface area contributed by atoms with Gasteiger partial charge in [0.2, 0.25) is 10.0 Å². The molecule has 0 spiro atoms. The van der Waals surface area contributed by atoms with E-state index in [-0.39, 0.29) is 4.90 Å². The Morgan fingerprint density at radius 3 is 2.17 bits per heavy atom. The third-order valence-corrected chi connectivity index (χ3v) is 6.98. The van der Waals surface area contributed by atoms with Crippen molar-refractivity contribution in [1.29, 1.82) is 0 Å². The van der Waals surface area contributed by atoms with Crippen LogP contribution in [0.15, 0.2) is 41.3 Å². The molecular formula is C23H33N3O3S. The number of hydrogen-bond donors (Lipinski definition) is 1. The summed E-state index contributed by atoms with van der Waals surface area (Å²) in [7, 11) is -1.41. The summed E-state index contributed by atoms with van der Waals surface area (Å²) in [6.45, 7) is 10.8. The molecule has 6 nitrogen and oxygen atoms in total. The highest BCUT2D eigenvalue weighted by Crippen LogP contribution is 2.27. The summed E-state index contributed by atoms with van der Waals surface area (Å²) < 4.78 is 33.8. The monoisotopic (exact) mass is 431 g/mol. The highest BCUT2D eigenvalue weighted by atomic mass is 32.2. The Hall–Kier alpha value is -2.09. The minimum Gasteiger partial charge on any atom is -0.493 e. The standard InChI is InChI=1S/C23H33N3O3S/c1-5-29-23-18(2)16-22(17-19(23)3)30(27,28)24-11-10-20-6-8-21(9-7-20)26-14-12-25(4)13-15-26/h6-9,16-17,24H,5,10-15H2,1-4H3. The smallest absolute Gasteiger partial charge is 0.240 e. The number of nitrogens with one attached hydrogen (secondary N) is 1. The van der Waals surface area contributed by atoms with Crippen molar-refractivity contribution in [2.45, 2.75) is 32.1 Å². The van der Waals surface area contributed by atoms with Crippen molar-refractivity contribution in [1.82, 2.24) is 9.62 Å². The molecule has 2 aromatic carbocycles. The Morgan fingerprint density at radius 2 is 1.60 bits per heavy atom. The van der Waals surface area contributed by atoms with E-state index >= 15 is 0 Å². The van der Waals surface area contributed by atoms with Crippen molar-refractivity contribution < 1.29 is 13.2 Å².